The van der Waals surface area contributed by atoms with Crippen LogP contribution in [0.15, 0.2) is 30.3 Å². The van der Waals surface area contributed by atoms with E-state index in [0.29, 0.717) is 18.7 Å². The molecule has 1 aliphatic carbocycles. The van der Waals surface area contributed by atoms with Crippen LogP contribution < -0.4 is 4.31 Å². The van der Waals surface area contributed by atoms with Crippen molar-refractivity contribution in [2.24, 2.45) is 5.92 Å². The van der Waals surface area contributed by atoms with Gasteiger partial charge in [-0.25, -0.2) is 8.42 Å². The molecule has 1 aromatic rings. The first kappa shape index (κ1) is 11.5. The fraction of sp³-hybridized carbons (Fsp3) is 0.417. The van der Waals surface area contributed by atoms with Crippen molar-refractivity contribution in [3.8, 4) is 0 Å². The standard InChI is InChI=1S/C12H13NO4S/c1-17-11(14)12-7-9(12)8-13(18(12,15)16)10-5-3-2-4-6-10/h2-6,9H,7-8H2,1H3. The van der Waals surface area contributed by atoms with E-state index in [1.165, 1.54) is 11.4 Å². The van der Waals surface area contributed by atoms with Crippen LogP contribution in [-0.2, 0) is 19.6 Å². The highest BCUT2D eigenvalue weighted by atomic mass is 32.2. The second kappa shape index (κ2) is 3.47. The molecule has 2 atom stereocenters. The SMILES string of the molecule is COC(=O)C12CC1CN(c1ccccc1)S2(=O)=O. The summed E-state index contributed by atoms with van der Waals surface area (Å²) >= 11 is 0. The number of sulfonamides is 1. The molecule has 0 spiro atoms. The van der Waals surface area contributed by atoms with Crippen molar-refractivity contribution in [2.45, 2.75) is 11.2 Å². The van der Waals surface area contributed by atoms with Gasteiger partial charge in [-0.05, 0) is 18.6 Å². The minimum atomic E-state index is -3.66. The summed E-state index contributed by atoms with van der Waals surface area (Å²) < 4.78 is 29.6. The van der Waals surface area contributed by atoms with Crippen molar-refractivity contribution in [2.75, 3.05) is 18.0 Å². The molecule has 18 heavy (non-hydrogen) atoms. The van der Waals surface area contributed by atoms with Crippen molar-refractivity contribution in [3.05, 3.63) is 30.3 Å². The van der Waals surface area contributed by atoms with Crippen LogP contribution >= 0.6 is 0 Å². The number of para-hydroxylation sites is 1. The fourth-order valence-electron chi connectivity index (χ4n) is 2.70. The normalized spacial score (nSPS) is 31.8. The van der Waals surface area contributed by atoms with Crippen LogP contribution in [0.1, 0.15) is 6.42 Å². The lowest BCUT2D eigenvalue weighted by molar-refractivity contribution is -0.141. The molecule has 0 radical (unpaired) electrons. The van der Waals surface area contributed by atoms with Crippen LogP contribution in [0.4, 0.5) is 5.69 Å². The van der Waals surface area contributed by atoms with E-state index in [0.717, 1.165) is 0 Å². The minimum absolute atomic E-state index is 0.143. The molecule has 3 rings (SSSR count). The van der Waals surface area contributed by atoms with Gasteiger partial charge in [-0.3, -0.25) is 9.10 Å². The van der Waals surface area contributed by atoms with E-state index >= 15 is 0 Å². The van der Waals surface area contributed by atoms with Gasteiger partial charge in [0, 0.05) is 12.5 Å². The quantitative estimate of drug-likeness (QED) is 0.742. The highest BCUT2D eigenvalue weighted by Gasteiger charge is 2.76. The Hall–Kier alpha value is -1.56. The number of methoxy groups -OCH3 is 1. The van der Waals surface area contributed by atoms with Gasteiger partial charge in [0.25, 0.3) is 10.0 Å². The third-order valence-corrected chi connectivity index (χ3v) is 6.29. The van der Waals surface area contributed by atoms with E-state index < -0.39 is 20.7 Å². The van der Waals surface area contributed by atoms with E-state index in [4.69, 9.17) is 0 Å². The molecule has 2 aliphatic rings. The summed E-state index contributed by atoms with van der Waals surface area (Å²) in [7, 11) is -2.43. The number of fused-ring (bicyclic) bond motifs is 1. The predicted molar refractivity (Wildman–Crippen MR) is 65.6 cm³/mol. The van der Waals surface area contributed by atoms with Gasteiger partial charge in [-0.15, -0.1) is 0 Å². The zero-order valence-electron chi connectivity index (χ0n) is 9.87. The second-order valence-electron chi connectivity index (χ2n) is 4.65. The third-order valence-electron chi connectivity index (χ3n) is 3.76. The van der Waals surface area contributed by atoms with E-state index in [1.54, 1.807) is 24.3 Å². The highest BCUT2D eigenvalue weighted by Crippen LogP contribution is 2.58. The lowest BCUT2D eigenvalue weighted by atomic mass is 10.3. The summed E-state index contributed by atoms with van der Waals surface area (Å²) in [5.41, 5.74) is 0.605. The number of benzene rings is 1. The minimum Gasteiger partial charge on any atom is -0.468 e. The Morgan fingerprint density at radius 3 is 2.67 bits per heavy atom. The van der Waals surface area contributed by atoms with E-state index in [9.17, 15) is 13.2 Å². The van der Waals surface area contributed by atoms with Crippen molar-refractivity contribution in [1.29, 1.82) is 0 Å². The molecule has 1 saturated carbocycles. The number of esters is 1. The van der Waals surface area contributed by atoms with Crippen LogP contribution in [-0.4, -0.2) is 32.8 Å². The molecule has 0 amide bonds. The van der Waals surface area contributed by atoms with Crippen molar-refractivity contribution >= 4 is 21.7 Å². The molecule has 2 fully saturated rings. The smallest absolute Gasteiger partial charge is 0.329 e. The summed E-state index contributed by atoms with van der Waals surface area (Å²) in [4.78, 5) is 11.7. The van der Waals surface area contributed by atoms with Gasteiger partial charge in [0.1, 0.15) is 0 Å². The summed E-state index contributed by atoms with van der Waals surface area (Å²) in [6.45, 7) is 0.363. The summed E-state index contributed by atoms with van der Waals surface area (Å²) in [5, 5.41) is 0. The predicted octanol–water partition coefficient (Wildman–Crippen LogP) is 0.768. The van der Waals surface area contributed by atoms with Crippen molar-refractivity contribution < 1.29 is 17.9 Å². The van der Waals surface area contributed by atoms with Gasteiger partial charge in [-0.1, -0.05) is 18.2 Å². The Balaban J connectivity index is 2.03. The first-order valence-electron chi connectivity index (χ1n) is 5.70. The summed E-state index contributed by atoms with van der Waals surface area (Å²) in [6, 6.07) is 8.84. The average molecular weight is 267 g/mol. The van der Waals surface area contributed by atoms with Gasteiger partial charge in [-0.2, -0.15) is 0 Å². The Morgan fingerprint density at radius 2 is 2.06 bits per heavy atom. The van der Waals surface area contributed by atoms with Gasteiger partial charge in [0.2, 0.25) is 0 Å². The first-order valence-corrected chi connectivity index (χ1v) is 7.14. The largest absolute Gasteiger partial charge is 0.468 e. The molecule has 0 aromatic heterocycles. The van der Waals surface area contributed by atoms with Crippen molar-refractivity contribution in [3.63, 3.8) is 0 Å². The molecule has 6 heteroatoms. The third kappa shape index (κ3) is 1.21. The molecular formula is C12H13NO4S. The number of hydrogen-bond donors (Lipinski definition) is 0. The summed E-state index contributed by atoms with van der Waals surface area (Å²) in [5.74, 6) is -0.777. The molecule has 1 aliphatic heterocycles. The van der Waals surface area contributed by atoms with Gasteiger partial charge in [0.05, 0.1) is 12.8 Å². The number of ether oxygens (including phenoxy) is 1. The molecular weight excluding hydrogens is 254 g/mol. The van der Waals surface area contributed by atoms with Crippen LogP contribution in [0.25, 0.3) is 0 Å². The van der Waals surface area contributed by atoms with Gasteiger partial charge >= 0.3 is 5.97 Å². The molecule has 0 N–H and O–H groups in total. The number of rotatable bonds is 2. The lowest BCUT2D eigenvalue weighted by Gasteiger charge is -2.22. The topological polar surface area (TPSA) is 63.7 Å². The molecule has 1 heterocycles. The van der Waals surface area contributed by atoms with Crippen LogP contribution in [0.2, 0.25) is 0 Å². The Bertz CT molecular complexity index is 598. The zero-order chi connectivity index (χ0) is 13.0. The van der Waals surface area contributed by atoms with Crippen molar-refractivity contribution in [1.82, 2.24) is 0 Å². The maximum absolute atomic E-state index is 12.5. The lowest BCUT2D eigenvalue weighted by Crippen LogP contribution is -2.40. The zero-order valence-corrected chi connectivity index (χ0v) is 10.7. The molecule has 0 bridgehead atoms. The average Bonchev–Trinajstić information content (AvgIpc) is 3.07. The highest BCUT2D eigenvalue weighted by molar-refractivity contribution is 7.95. The van der Waals surface area contributed by atoms with Crippen LogP contribution in [0.3, 0.4) is 0 Å². The maximum atomic E-state index is 12.5. The monoisotopic (exact) mass is 267 g/mol. The molecule has 5 nitrogen and oxygen atoms in total. The second-order valence-corrected chi connectivity index (χ2v) is 6.77. The van der Waals surface area contributed by atoms with Gasteiger partial charge in [0.15, 0.2) is 4.75 Å². The van der Waals surface area contributed by atoms with Crippen LogP contribution in [0, 0.1) is 5.92 Å². The fourth-order valence-corrected chi connectivity index (χ4v) is 5.07. The maximum Gasteiger partial charge on any atom is 0.329 e. The number of carbonyl (C=O) groups is 1. The molecule has 1 saturated heterocycles. The van der Waals surface area contributed by atoms with E-state index in [-0.39, 0.29) is 5.92 Å². The van der Waals surface area contributed by atoms with E-state index in [1.807, 2.05) is 6.07 Å². The summed E-state index contributed by atoms with van der Waals surface area (Å²) in [6.07, 6.45) is 0.380. The molecule has 2 unspecified atom stereocenters. The number of anilines is 1. The van der Waals surface area contributed by atoms with E-state index in [2.05, 4.69) is 4.74 Å². The number of carbonyl (C=O) groups excluding carboxylic acids is 1. The number of nitrogens with zero attached hydrogens (tertiary/aromatic N) is 1. The molecule has 1 aromatic carbocycles. The van der Waals surface area contributed by atoms with Gasteiger partial charge < -0.3 is 4.74 Å². The van der Waals surface area contributed by atoms with Crippen LogP contribution in [0.5, 0.6) is 0 Å². The first-order chi connectivity index (χ1) is 8.54. The Kier molecular flexibility index (Phi) is 2.22. The Labute approximate surface area is 105 Å². The number of hydrogen-bond acceptors (Lipinski definition) is 4. The molecule has 96 valence electrons. The Morgan fingerprint density at radius 1 is 1.39 bits per heavy atom.